The minimum Gasteiger partial charge on any atom is -0.325 e. The van der Waals surface area contributed by atoms with Gasteiger partial charge in [-0.2, -0.15) is 0 Å². The van der Waals surface area contributed by atoms with Crippen LogP contribution in [0.4, 0.5) is 0 Å². The number of pyridine rings is 1. The van der Waals surface area contributed by atoms with Gasteiger partial charge in [0.2, 0.25) is 5.91 Å². The highest BCUT2D eigenvalue weighted by Crippen LogP contribution is 2.01. The smallest absolute Gasteiger partial charge is 0.264 e. The Morgan fingerprint density at radius 1 is 1.53 bits per heavy atom. The first-order chi connectivity index (χ1) is 8.20. The number of aromatic amines is 1. The van der Waals surface area contributed by atoms with E-state index < -0.39 is 0 Å². The lowest BCUT2D eigenvalue weighted by molar-refractivity contribution is 0.0894. The second kappa shape index (κ2) is 4.75. The van der Waals surface area contributed by atoms with Gasteiger partial charge in [0, 0.05) is 25.0 Å². The van der Waals surface area contributed by atoms with Crippen molar-refractivity contribution in [3.8, 4) is 0 Å². The van der Waals surface area contributed by atoms with Gasteiger partial charge in [-0.05, 0) is 11.6 Å². The van der Waals surface area contributed by atoms with Crippen molar-refractivity contribution in [3.63, 3.8) is 0 Å². The van der Waals surface area contributed by atoms with Gasteiger partial charge in [0.25, 0.3) is 5.56 Å². The molecule has 0 unspecified atom stereocenters. The van der Waals surface area contributed by atoms with Gasteiger partial charge in [-0.15, -0.1) is 0 Å². The molecule has 6 nitrogen and oxygen atoms in total. The molecule has 3 N–H and O–H groups in total. The van der Waals surface area contributed by atoms with Gasteiger partial charge < -0.3 is 5.73 Å². The Labute approximate surface area is 97.1 Å². The van der Waals surface area contributed by atoms with Crippen LogP contribution in [0.1, 0.15) is 16.1 Å². The Hall–Kier alpha value is -2.21. The summed E-state index contributed by atoms with van der Waals surface area (Å²) in [6, 6.07) is 4.88. The molecule has 0 fully saturated rings. The van der Waals surface area contributed by atoms with Crippen LogP contribution in [0, 0.1) is 0 Å². The van der Waals surface area contributed by atoms with E-state index in [9.17, 15) is 9.59 Å². The van der Waals surface area contributed by atoms with Crippen molar-refractivity contribution in [2.24, 2.45) is 5.73 Å². The molecule has 0 spiro atoms. The number of hydrogen-bond donors (Lipinski definition) is 2. The Bertz CT molecular complexity index is 571. The molecule has 0 aromatic carbocycles. The first kappa shape index (κ1) is 11.3. The third-order valence-corrected chi connectivity index (χ3v) is 2.34. The molecular formula is C11H12N4O2. The van der Waals surface area contributed by atoms with Crippen molar-refractivity contribution >= 4 is 5.91 Å². The summed E-state index contributed by atoms with van der Waals surface area (Å²) in [5, 5.41) is 2.43. The monoisotopic (exact) mass is 232 g/mol. The molecule has 6 heteroatoms. The average Bonchev–Trinajstić information content (AvgIpc) is 2.72. The molecule has 88 valence electrons. The molecule has 17 heavy (non-hydrogen) atoms. The van der Waals surface area contributed by atoms with Crippen molar-refractivity contribution in [2.45, 2.75) is 13.0 Å². The van der Waals surface area contributed by atoms with Crippen molar-refractivity contribution < 1.29 is 4.79 Å². The van der Waals surface area contributed by atoms with Crippen molar-refractivity contribution in [3.05, 3.63) is 52.2 Å². The molecule has 2 heterocycles. The number of H-pyrrole nitrogens is 1. The van der Waals surface area contributed by atoms with Gasteiger partial charge >= 0.3 is 0 Å². The van der Waals surface area contributed by atoms with E-state index >= 15 is 0 Å². The van der Waals surface area contributed by atoms with Crippen LogP contribution in [0.2, 0.25) is 0 Å². The fraction of sp³-hybridized carbons (Fsp3) is 0.182. The molecule has 2 aromatic rings. The largest absolute Gasteiger partial charge is 0.325 e. The van der Waals surface area contributed by atoms with Crippen molar-refractivity contribution in [2.75, 3.05) is 0 Å². The zero-order valence-electron chi connectivity index (χ0n) is 9.09. The molecule has 0 aliphatic rings. The highest BCUT2D eigenvalue weighted by Gasteiger charge is 2.11. The fourth-order valence-electron chi connectivity index (χ4n) is 1.56. The highest BCUT2D eigenvalue weighted by molar-refractivity contribution is 5.80. The third-order valence-electron chi connectivity index (χ3n) is 2.34. The molecular weight excluding hydrogens is 220 g/mol. The first-order valence-corrected chi connectivity index (χ1v) is 5.14. The first-order valence-electron chi connectivity index (χ1n) is 5.14. The van der Waals surface area contributed by atoms with Gasteiger partial charge in [-0.25, -0.2) is 4.68 Å². The van der Waals surface area contributed by atoms with Gasteiger partial charge in [-0.3, -0.25) is 19.7 Å². The number of nitrogens with one attached hydrogen (secondary N) is 1. The van der Waals surface area contributed by atoms with Crippen LogP contribution >= 0.6 is 0 Å². The average molecular weight is 232 g/mol. The van der Waals surface area contributed by atoms with Gasteiger partial charge in [0.1, 0.15) is 0 Å². The summed E-state index contributed by atoms with van der Waals surface area (Å²) in [6.45, 7) is 0.136. The lowest BCUT2D eigenvalue weighted by Gasteiger charge is -2.04. The van der Waals surface area contributed by atoms with Gasteiger partial charge in [-0.1, -0.05) is 6.07 Å². The Morgan fingerprint density at radius 3 is 3.00 bits per heavy atom. The lowest BCUT2D eigenvalue weighted by atomic mass is 10.2. The normalized spacial score (nSPS) is 10.4. The van der Waals surface area contributed by atoms with Crippen LogP contribution in [0.15, 0.2) is 35.4 Å². The summed E-state index contributed by atoms with van der Waals surface area (Å²) in [6.07, 6.45) is 3.42. The predicted molar refractivity (Wildman–Crippen MR) is 61.5 cm³/mol. The Kier molecular flexibility index (Phi) is 3.15. The maximum Gasteiger partial charge on any atom is 0.264 e. The summed E-state index contributed by atoms with van der Waals surface area (Å²) in [5.41, 5.74) is 6.39. The quantitative estimate of drug-likeness (QED) is 0.773. The zero-order chi connectivity index (χ0) is 12.3. The second-order valence-electron chi connectivity index (χ2n) is 3.58. The molecule has 0 aliphatic carbocycles. The van der Waals surface area contributed by atoms with E-state index in [0.29, 0.717) is 5.69 Å². The number of carbonyl (C=O) groups is 1. The summed E-state index contributed by atoms with van der Waals surface area (Å²) in [5.74, 6) is -0.236. The van der Waals surface area contributed by atoms with E-state index in [2.05, 4.69) is 10.1 Å². The standard InChI is InChI=1S/C11H12N4O2/c12-6-9-5-10(16)14-15(9)11(17)4-8-2-1-3-13-7-8/h1-3,5,7H,4,6,12H2,(H,14,16). The van der Waals surface area contributed by atoms with Crippen LogP contribution < -0.4 is 11.3 Å². The maximum atomic E-state index is 11.9. The molecule has 0 bridgehead atoms. The SMILES string of the molecule is NCc1cc(=O)[nH]n1C(=O)Cc1cccnc1. The Balaban J connectivity index is 2.23. The predicted octanol–water partition coefficient (Wildman–Crippen LogP) is -0.0870. The lowest BCUT2D eigenvalue weighted by Crippen LogP contribution is -2.20. The van der Waals surface area contributed by atoms with Crippen molar-refractivity contribution in [1.29, 1.82) is 0 Å². The molecule has 0 saturated heterocycles. The summed E-state index contributed by atoms with van der Waals surface area (Å²) < 4.78 is 1.19. The van der Waals surface area contributed by atoms with E-state index in [1.807, 2.05) is 0 Å². The van der Waals surface area contributed by atoms with Crippen LogP contribution in [-0.2, 0) is 13.0 Å². The van der Waals surface area contributed by atoms with Crippen LogP contribution in [0.3, 0.4) is 0 Å². The number of aromatic nitrogens is 3. The van der Waals surface area contributed by atoms with Crippen LogP contribution in [-0.4, -0.2) is 20.7 Å². The molecule has 0 amide bonds. The molecule has 2 rings (SSSR count). The number of nitrogens with two attached hydrogens (primary N) is 1. The highest BCUT2D eigenvalue weighted by atomic mass is 16.2. The maximum absolute atomic E-state index is 11.9. The third kappa shape index (κ3) is 2.48. The van der Waals surface area contributed by atoms with Crippen LogP contribution in [0.5, 0.6) is 0 Å². The number of rotatable bonds is 3. The molecule has 0 radical (unpaired) electrons. The van der Waals surface area contributed by atoms with E-state index in [0.717, 1.165) is 5.56 Å². The number of nitrogens with zero attached hydrogens (tertiary/aromatic N) is 2. The molecule has 0 aliphatic heterocycles. The van der Waals surface area contributed by atoms with Gasteiger partial charge in [0.05, 0.1) is 12.1 Å². The minimum atomic E-state index is -0.329. The Morgan fingerprint density at radius 2 is 2.35 bits per heavy atom. The van der Waals surface area contributed by atoms with E-state index in [1.54, 1.807) is 24.5 Å². The second-order valence-corrected chi connectivity index (χ2v) is 3.58. The summed E-state index contributed by atoms with van der Waals surface area (Å²) in [7, 11) is 0. The minimum absolute atomic E-state index is 0.136. The van der Waals surface area contributed by atoms with E-state index in [1.165, 1.54) is 10.7 Å². The fourth-order valence-corrected chi connectivity index (χ4v) is 1.56. The number of hydrogen-bond acceptors (Lipinski definition) is 4. The molecule has 0 saturated carbocycles. The molecule has 2 aromatic heterocycles. The topological polar surface area (TPSA) is 93.8 Å². The van der Waals surface area contributed by atoms with Crippen molar-refractivity contribution in [1.82, 2.24) is 14.8 Å². The summed E-state index contributed by atoms with van der Waals surface area (Å²) in [4.78, 5) is 27.0. The summed E-state index contributed by atoms with van der Waals surface area (Å²) >= 11 is 0. The molecule has 0 atom stereocenters. The zero-order valence-corrected chi connectivity index (χ0v) is 9.09. The van der Waals surface area contributed by atoms with Crippen LogP contribution in [0.25, 0.3) is 0 Å². The van der Waals surface area contributed by atoms with Gasteiger partial charge in [0.15, 0.2) is 0 Å². The van der Waals surface area contributed by atoms with E-state index in [-0.39, 0.29) is 24.4 Å². The van der Waals surface area contributed by atoms with E-state index in [4.69, 9.17) is 5.73 Å². The number of carbonyl (C=O) groups excluding carboxylic acids is 1.